The summed E-state index contributed by atoms with van der Waals surface area (Å²) in [5.74, 6) is -2.12. The summed E-state index contributed by atoms with van der Waals surface area (Å²) in [5.41, 5.74) is 1.23. The Kier molecular flexibility index (Phi) is 73.8. The van der Waals surface area contributed by atoms with E-state index in [1.54, 1.807) is 39.1 Å². The van der Waals surface area contributed by atoms with Crippen LogP contribution in [0.4, 0.5) is 5.69 Å². The second-order valence-electron chi connectivity index (χ2n) is 29.5. The normalized spacial score (nSPS) is 21.2. The van der Waals surface area contributed by atoms with Crippen molar-refractivity contribution in [1.82, 2.24) is 56.1 Å². The predicted molar refractivity (Wildman–Crippen MR) is 522 cm³/mol. The first-order chi connectivity index (χ1) is 62.6. The minimum Gasteiger partial charge on any atom is -0.375 e. The molecule has 4 aromatic rings. The number of Topliss-reactive ketones (excluding diaryl/α,β-unsaturated/α-hetero) is 2. The SMILES string of the molecule is CC.CC.CC.CC.CC.CC.CC.CC.CCC.CCC.CCC.CCC.CCC1CCN(C2CCC(=O)NC2=O)C(=O)C1.CCN1CCN(C2CCC(=O)NC2=O)C(=O)C1.O=C1CCC(N2CC3CCCC3C2=O)C(=O)N1.O=C1CCC(NC(=O)c2cccc3ccccc23)C(=O)N1.O=C1CCC(Nc2ccccc2)C(=O)C1.O=C1CCC(n2ccccc2=O)C(=O)N1. The third kappa shape index (κ3) is 45.4. The van der Waals surface area contributed by atoms with E-state index in [1.165, 1.54) is 36.3 Å². The van der Waals surface area contributed by atoms with E-state index in [-0.39, 0.29) is 119 Å². The van der Waals surface area contributed by atoms with Gasteiger partial charge in [-0.1, -0.05) is 279 Å². The van der Waals surface area contributed by atoms with E-state index in [0.29, 0.717) is 114 Å². The minimum atomic E-state index is -0.658. The number of carbonyl (C=O) groups is 16. The number of likely N-dealkylation sites (tertiary alicyclic amines) is 2. The number of nitrogens with one attached hydrogen (secondary N) is 7. The summed E-state index contributed by atoms with van der Waals surface area (Å²) in [5, 5.41) is 19.0. The van der Waals surface area contributed by atoms with Gasteiger partial charge in [0.05, 0.1) is 19.0 Å². The van der Waals surface area contributed by atoms with Crippen LogP contribution in [0.1, 0.15) is 344 Å². The maximum Gasteiger partial charge on any atom is 0.252 e. The minimum absolute atomic E-state index is 0.00935. The molecule has 10 fully saturated rings. The number of nitrogens with zero attached hydrogens (tertiary/aromatic N) is 5. The van der Waals surface area contributed by atoms with Gasteiger partial charge in [0.2, 0.25) is 76.8 Å². The third-order valence-corrected chi connectivity index (χ3v) is 19.9. The zero-order valence-electron chi connectivity index (χ0n) is 84.1. The van der Waals surface area contributed by atoms with E-state index in [2.05, 4.69) is 99.5 Å². The number of piperazine rings is 1. The molecular formula is C101H168N12O17. The lowest BCUT2D eigenvalue weighted by atomic mass is 9.91. The molecule has 0 spiro atoms. The van der Waals surface area contributed by atoms with E-state index < -0.39 is 42.0 Å². The average Bonchev–Trinajstić information content (AvgIpc) is 1.64. The van der Waals surface area contributed by atoms with Gasteiger partial charge in [0.25, 0.3) is 11.5 Å². The van der Waals surface area contributed by atoms with Gasteiger partial charge in [0, 0.05) is 101 Å². The molecule has 130 heavy (non-hydrogen) atoms. The van der Waals surface area contributed by atoms with E-state index in [1.807, 2.05) is 189 Å². The third-order valence-electron chi connectivity index (χ3n) is 19.9. The van der Waals surface area contributed by atoms with Gasteiger partial charge >= 0.3 is 0 Å². The topological polar surface area (TPSA) is 392 Å². The number of para-hydroxylation sites is 1. The first-order valence-corrected chi connectivity index (χ1v) is 48.8. The number of likely N-dealkylation sites (N-methyl/N-ethyl adjacent to an activating group) is 1. The molecule has 2 aliphatic carbocycles. The van der Waals surface area contributed by atoms with E-state index in [9.17, 15) is 81.5 Å². The molecule has 14 amide bonds. The van der Waals surface area contributed by atoms with Gasteiger partial charge < -0.3 is 29.9 Å². The molecule has 1 aromatic heterocycles. The summed E-state index contributed by atoms with van der Waals surface area (Å²) in [7, 11) is 0. The van der Waals surface area contributed by atoms with Crippen LogP contribution in [0.5, 0.6) is 0 Å². The molecule has 8 aliphatic heterocycles. The number of carbonyl (C=O) groups excluding carboxylic acids is 16. The van der Waals surface area contributed by atoms with Crippen LogP contribution >= 0.6 is 0 Å². The van der Waals surface area contributed by atoms with Crippen molar-refractivity contribution in [3.05, 3.63) is 113 Å². The Labute approximate surface area is 779 Å². The Morgan fingerprint density at radius 2 is 0.823 bits per heavy atom. The van der Waals surface area contributed by atoms with Crippen molar-refractivity contribution in [1.29, 1.82) is 0 Å². The second-order valence-corrected chi connectivity index (χ2v) is 29.5. The van der Waals surface area contributed by atoms with E-state index in [4.69, 9.17) is 0 Å². The molecule has 29 heteroatoms. The number of amides is 14. The number of piperidine rings is 6. The lowest BCUT2D eigenvalue weighted by molar-refractivity contribution is -0.148. The molecule has 9 unspecified atom stereocenters. The number of anilines is 1. The molecule has 0 radical (unpaired) electrons. The summed E-state index contributed by atoms with van der Waals surface area (Å²) in [6, 6.07) is 24.6. The molecule has 8 saturated heterocycles. The van der Waals surface area contributed by atoms with Gasteiger partial charge in [-0.25, -0.2) is 0 Å². The van der Waals surface area contributed by atoms with Gasteiger partial charge in [-0.2, -0.15) is 0 Å². The molecule has 9 heterocycles. The van der Waals surface area contributed by atoms with Crippen molar-refractivity contribution in [3.63, 3.8) is 0 Å². The van der Waals surface area contributed by atoms with Gasteiger partial charge in [-0.15, -0.1) is 0 Å². The van der Waals surface area contributed by atoms with Crippen molar-refractivity contribution < 1.29 is 76.7 Å². The fraction of sp³-hybridized carbons (Fsp3) is 0.634. The largest absolute Gasteiger partial charge is 0.375 e. The van der Waals surface area contributed by atoms with Crippen LogP contribution in [0.15, 0.2) is 102 Å². The Balaban J connectivity index is -0.000000694. The molecule has 9 atom stereocenters. The highest BCUT2D eigenvalue weighted by molar-refractivity contribution is 6.10. The van der Waals surface area contributed by atoms with E-state index >= 15 is 0 Å². The molecule has 2 saturated carbocycles. The number of fused-ring (bicyclic) bond motifs is 2. The average molecular weight is 1820 g/mol. The number of aromatic nitrogens is 1. The van der Waals surface area contributed by atoms with Crippen LogP contribution in [0, 0.1) is 17.8 Å². The zero-order valence-corrected chi connectivity index (χ0v) is 84.1. The maximum absolute atomic E-state index is 12.4. The lowest BCUT2D eigenvalue weighted by Gasteiger charge is -2.39. The van der Waals surface area contributed by atoms with Gasteiger partial charge in [0.15, 0.2) is 5.78 Å². The summed E-state index contributed by atoms with van der Waals surface area (Å²) in [6.07, 6.45) is 17.1. The van der Waals surface area contributed by atoms with Crippen LogP contribution in [0.25, 0.3) is 10.8 Å². The Hall–Kier alpha value is -10.5. The molecule has 29 nitrogen and oxygen atoms in total. The zero-order chi connectivity index (χ0) is 100.0. The van der Waals surface area contributed by atoms with Gasteiger partial charge in [-0.3, -0.25) is 113 Å². The summed E-state index contributed by atoms with van der Waals surface area (Å²) >= 11 is 0. The number of hydrogen-bond acceptors (Lipinski definition) is 19. The monoisotopic (exact) mass is 1820 g/mol. The molecule has 7 N–H and O–H groups in total. The predicted octanol–water partition coefficient (Wildman–Crippen LogP) is 16.3. The van der Waals surface area contributed by atoms with Gasteiger partial charge in [0.1, 0.15) is 36.0 Å². The fourth-order valence-corrected chi connectivity index (χ4v) is 14.2. The smallest absolute Gasteiger partial charge is 0.252 e. The summed E-state index contributed by atoms with van der Waals surface area (Å²) < 4.78 is 1.35. The molecule has 0 bridgehead atoms. The van der Waals surface area contributed by atoms with Crippen molar-refractivity contribution in [2.75, 3.05) is 44.6 Å². The number of hydrogen-bond donors (Lipinski definition) is 7. The van der Waals surface area contributed by atoms with Crippen LogP contribution in [-0.4, -0.2) is 188 Å². The highest BCUT2D eigenvalue weighted by atomic mass is 16.2. The molecule has 10 aliphatic rings. The Morgan fingerprint density at radius 3 is 1.25 bits per heavy atom. The number of imide groups is 5. The molecule has 734 valence electrons. The first kappa shape index (κ1) is 126. The number of pyridine rings is 1. The Morgan fingerprint density at radius 1 is 0.400 bits per heavy atom. The summed E-state index contributed by atoms with van der Waals surface area (Å²) in [6.45, 7) is 57.0. The highest BCUT2D eigenvalue weighted by Crippen LogP contribution is 2.40. The summed E-state index contributed by atoms with van der Waals surface area (Å²) in [4.78, 5) is 203. The lowest BCUT2D eigenvalue weighted by Crippen LogP contribution is -2.60. The fourth-order valence-electron chi connectivity index (χ4n) is 14.2. The first-order valence-electron chi connectivity index (χ1n) is 48.8. The quantitative estimate of drug-likeness (QED) is 0.0573. The van der Waals surface area contributed by atoms with Gasteiger partial charge in [-0.05, 0) is 111 Å². The van der Waals surface area contributed by atoms with Crippen molar-refractivity contribution in [2.45, 2.75) is 364 Å². The number of ketones is 2. The van der Waals surface area contributed by atoms with Crippen LogP contribution in [0.2, 0.25) is 0 Å². The molecule has 3 aromatic carbocycles. The molecule has 14 rings (SSSR count). The van der Waals surface area contributed by atoms with Crippen LogP contribution in [-0.2, 0) is 71.9 Å². The number of benzene rings is 3. The van der Waals surface area contributed by atoms with Crippen molar-refractivity contribution in [2.24, 2.45) is 17.8 Å². The van der Waals surface area contributed by atoms with Crippen LogP contribution in [0.3, 0.4) is 0 Å². The standard InChI is InChI=1S/C16H14N2O3.C12H16N2O3.C12H18N2O3.C12H13NO2.C11H17N3O3.C10H10N2O3.4C3H8.8C2H6/c19-14-9-8-13(16(21)18-14)17-15(20)12-7-3-5-10-4-1-2-6-11(10)12;15-10-5-4-9(11(16)13-10)14-6-7-2-1-3-8(7)12(14)17;1-2-8-5-6-14(11(16)7-8)9-3-4-10(15)13-12(9)17;14-10-6-7-11(12(15)8-10)13-9-4-2-1-3-5-9;1-2-13-5-6-14(10(16)7-13)8-3-4-9(15)12-11(8)17;13-8-5-4-7(10(15)11-8)12-6-2-1-3-9(12)14;4*1-3-2;8*1-2/h1-7,13H,8-9H2,(H,17,20)(H,18,19,21);7-9H,1-6H2,(H,13,15,16);8-9H,2-7H2,1H3,(H,13,15,17);1-5,11,13H,6-8H2;8H,2-7H2,1H3,(H,12,15,17);1-3,6-7H,4-5H2,(H,11,13,15);4*3H2,1-2H3;8*1-2H3. The van der Waals surface area contributed by atoms with E-state index in [0.717, 1.165) is 61.7 Å². The maximum atomic E-state index is 12.4. The molecular weight excluding hydrogens is 1650 g/mol. The highest BCUT2D eigenvalue weighted by Gasteiger charge is 2.48. The van der Waals surface area contributed by atoms with Crippen molar-refractivity contribution >= 4 is 111 Å². The Bertz CT molecular complexity index is 3960. The van der Waals surface area contributed by atoms with Crippen molar-refractivity contribution in [3.8, 4) is 0 Å². The van der Waals surface area contributed by atoms with Crippen LogP contribution < -0.4 is 42.8 Å². The second kappa shape index (κ2) is 76.3. The number of rotatable bonds is 10.